The van der Waals surface area contributed by atoms with Crippen molar-refractivity contribution < 1.29 is 13.2 Å². The Balaban J connectivity index is 1.61. The lowest BCUT2D eigenvalue weighted by Crippen LogP contribution is -2.35. The van der Waals surface area contributed by atoms with E-state index in [9.17, 15) is 13.2 Å². The van der Waals surface area contributed by atoms with Crippen molar-refractivity contribution in [1.29, 1.82) is 0 Å². The van der Waals surface area contributed by atoms with Gasteiger partial charge in [0.2, 0.25) is 0 Å². The summed E-state index contributed by atoms with van der Waals surface area (Å²) in [4.78, 5) is 12.8. The molecule has 154 valence electrons. The molecule has 0 spiro atoms. The molecule has 8 heteroatoms. The van der Waals surface area contributed by atoms with Gasteiger partial charge in [-0.1, -0.05) is 27.5 Å². The zero-order valence-corrected chi connectivity index (χ0v) is 19.0. The third kappa shape index (κ3) is 4.24. The number of benzene rings is 3. The Labute approximate surface area is 188 Å². The lowest BCUT2D eigenvalue weighted by Gasteiger charge is -2.30. The Morgan fingerprint density at radius 3 is 2.40 bits per heavy atom. The molecule has 1 amide bonds. The first-order valence-electron chi connectivity index (χ1n) is 9.33. The average Bonchev–Trinajstić information content (AvgIpc) is 2.74. The Morgan fingerprint density at radius 1 is 1.00 bits per heavy atom. The van der Waals surface area contributed by atoms with Crippen LogP contribution in [0.15, 0.2) is 76.1 Å². The molecule has 1 aliphatic heterocycles. The van der Waals surface area contributed by atoms with E-state index in [0.29, 0.717) is 41.3 Å². The molecule has 0 unspecified atom stereocenters. The van der Waals surface area contributed by atoms with E-state index in [1.807, 2.05) is 12.1 Å². The summed E-state index contributed by atoms with van der Waals surface area (Å²) >= 11 is 9.26. The monoisotopic (exact) mass is 504 g/mol. The summed E-state index contributed by atoms with van der Waals surface area (Å²) in [5.41, 5.74) is 2.62. The van der Waals surface area contributed by atoms with Crippen molar-refractivity contribution in [3.63, 3.8) is 0 Å². The van der Waals surface area contributed by atoms with Crippen molar-refractivity contribution in [3.8, 4) is 0 Å². The number of carbonyl (C=O) groups is 1. The van der Waals surface area contributed by atoms with E-state index < -0.39 is 10.0 Å². The number of amides is 1. The maximum absolute atomic E-state index is 13.1. The van der Waals surface area contributed by atoms with Crippen LogP contribution in [0.1, 0.15) is 22.3 Å². The normalized spacial score (nSPS) is 13.6. The van der Waals surface area contributed by atoms with Crippen LogP contribution in [0.25, 0.3) is 0 Å². The van der Waals surface area contributed by atoms with Gasteiger partial charge in [0.05, 0.1) is 10.6 Å². The van der Waals surface area contributed by atoms with Gasteiger partial charge in [-0.15, -0.1) is 0 Å². The lowest BCUT2D eigenvalue weighted by atomic mass is 10.0. The minimum atomic E-state index is -3.71. The van der Waals surface area contributed by atoms with Gasteiger partial charge < -0.3 is 5.32 Å². The third-order valence-corrected chi connectivity index (χ3v) is 7.53. The summed E-state index contributed by atoms with van der Waals surface area (Å²) < 4.78 is 28.6. The molecule has 0 bridgehead atoms. The zero-order valence-electron chi connectivity index (χ0n) is 15.8. The fourth-order valence-electron chi connectivity index (χ4n) is 3.42. The van der Waals surface area contributed by atoms with Gasteiger partial charge in [0.25, 0.3) is 15.9 Å². The summed E-state index contributed by atoms with van der Waals surface area (Å²) in [6.45, 7) is 0.391. The Kier molecular flexibility index (Phi) is 5.86. The Hall–Kier alpha value is -2.35. The minimum Gasteiger partial charge on any atom is -0.322 e. The summed E-state index contributed by atoms with van der Waals surface area (Å²) in [6, 6.07) is 18.6. The van der Waals surface area contributed by atoms with Crippen LogP contribution in [0.5, 0.6) is 0 Å². The standard InChI is InChI=1S/C22H18BrClN2O3S/c23-17-4-8-19(9-5-17)25-22(27)16-3-12-21-15(14-16)2-1-13-26(21)30(28,29)20-10-6-18(24)7-11-20/h3-12,14H,1-2,13H2,(H,25,27). The van der Waals surface area contributed by atoms with Gasteiger partial charge in [-0.25, -0.2) is 8.42 Å². The largest absolute Gasteiger partial charge is 0.322 e. The molecule has 0 atom stereocenters. The van der Waals surface area contributed by atoms with E-state index in [-0.39, 0.29) is 10.8 Å². The molecule has 0 aromatic heterocycles. The van der Waals surface area contributed by atoms with Crippen LogP contribution in [0.2, 0.25) is 5.02 Å². The molecule has 4 rings (SSSR count). The molecule has 0 radical (unpaired) electrons. The van der Waals surface area contributed by atoms with Gasteiger partial charge in [0.1, 0.15) is 0 Å². The number of anilines is 2. The van der Waals surface area contributed by atoms with Crippen molar-refractivity contribution in [3.05, 3.63) is 87.4 Å². The number of sulfonamides is 1. The number of aryl methyl sites for hydroxylation is 1. The summed E-state index contributed by atoms with van der Waals surface area (Å²) in [5.74, 6) is -0.238. The topological polar surface area (TPSA) is 66.5 Å². The molecule has 3 aromatic rings. The molecule has 1 N–H and O–H groups in total. The summed E-state index contributed by atoms with van der Waals surface area (Å²) in [7, 11) is -3.71. The van der Waals surface area contributed by atoms with Crippen LogP contribution in [-0.4, -0.2) is 20.9 Å². The Bertz CT molecular complexity index is 1200. The molecule has 3 aromatic carbocycles. The van der Waals surface area contributed by atoms with E-state index in [4.69, 9.17) is 11.6 Å². The van der Waals surface area contributed by atoms with Crippen molar-refractivity contribution in [2.24, 2.45) is 0 Å². The van der Waals surface area contributed by atoms with E-state index >= 15 is 0 Å². The smallest absolute Gasteiger partial charge is 0.264 e. The van der Waals surface area contributed by atoms with Crippen LogP contribution in [0.4, 0.5) is 11.4 Å². The highest BCUT2D eigenvalue weighted by Gasteiger charge is 2.29. The Morgan fingerprint density at radius 2 is 1.70 bits per heavy atom. The second kappa shape index (κ2) is 8.41. The van der Waals surface area contributed by atoms with Gasteiger partial charge in [-0.2, -0.15) is 0 Å². The fourth-order valence-corrected chi connectivity index (χ4v) is 5.36. The maximum atomic E-state index is 13.1. The number of hydrogen-bond acceptors (Lipinski definition) is 3. The van der Waals surface area contributed by atoms with Gasteiger partial charge in [0.15, 0.2) is 0 Å². The molecule has 1 heterocycles. The molecule has 0 saturated carbocycles. The average molecular weight is 506 g/mol. The SMILES string of the molecule is O=C(Nc1ccc(Br)cc1)c1ccc2c(c1)CCCN2S(=O)(=O)c1ccc(Cl)cc1. The first-order valence-corrected chi connectivity index (χ1v) is 11.9. The predicted molar refractivity (Wildman–Crippen MR) is 123 cm³/mol. The number of nitrogens with zero attached hydrogens (tertiary/aromatic N) is 1. The van der Waals surface area contributed by atoms with Gasteiger partial charge in [-0.3, -0.25) is 9.10 Å². The zero-order chi connectivity index (χ0) is 21.3. The van der Waals surface area contributed by atoms with Crippen molar-refractivity contribution in [1.82, 2.24) is 0 Å². The highest BCUT2D eigenvalue weighted by Crippen LogP contribution is 2.33. The number of hydrogen-bond donors (Lipinski definition) is 1. The second-order valence-electron chi connectivity index (χ2n) is 6.94. The van der Waals surface area contributed by atoms with Crippen LogP contribution in [0.3, 0.4) is 0 Å². The van der Waals surface area contributed by atoms with Gasteiger partial charge in [0, 0.05) is 27.3 Å². The molecule has 0 fully saturated rings. The van der Waals surface area contributed by atoms with E-state index in [1.165, 1.54) is 16.4 Å². The second-order valence-corrected chi connectivity index (χ2v) is 10.2. The van der Waals surface area contributed by atoms with Crippen molar-refractivity contribution in [2.75, 3.05) is 16.2 Å². The quantitative estimate of drug-likeness (QED) is 0.509. The molecular formula is C22H18BrClN2O3S. The van der Waals surface area contributed by atoms with Crippen LogP contribution < -0.4 is 9.62 Å². The molecular weight excluding hydrogens is 488 g/mol. The molecule has 1 aliphatic rings. The number of halogens is 2. The number of fused-ring (bicyclic) bond motifs is 1. The first-order chi connectivity index (χ1) is 14.3. The van der Waals surface area contributed by atoms with Crippen LogP contribution in [0, 0.1) is 0 Å². The highest BCUT2D eigenvalue weighted by atomic mass is 79.9. The van der Waals surface area contributed by atoms with E-state index in [0.717, 1.165) is 10.0 Å². The van der Waals surface area contributed by atoms with Gasteiger partial charge in [-0.05, 0) is 85.1 Å². The third-order valence-electron chi connectivity index (χ3n) is 4.92. The number of carbonyl (C=O) groups excluding carboxylic acids is 1. The van der Waals surface area contributed by atoms with Crippen LogP contribution >= 0.6 is 27.5 Å². The molecule has 0 aliphatic carbocycles. The maximum Gasteiger partial charge on any atom is 0.264 e. The predicted octanol–water partition coefficient (Wildman–Crippen LogP) is 5.50. The first kappa shape index (κ1) is 20.9. The minimum absolute atomic E-state index is 0.191. The fraction of sp³-hybridized carbons (Fsp3) is 0.136. The van der Waals surface area contributed by atoms with Crippen LogP contribution in [-0.2, 0) is 16.4 Å². The van der Waals surface area contributed by atoms with Crippen molar-refractivity contribution >= 4 is 54.8 Å². The summed E-state index contributed by atoms with van der Waals surface area (Å²) in [6.07, 6.45) is 1.39. The molecule has 30 heavy (non-hydrogen) atoms. The van der Waals surface area contributed by atoms with Gasteiger partial charge >= 0.3 is 0 Å². The lowest BCUT2D eigenvalue weighted by molar-refractivity contribution is 0.102. The van der Waals surface area contributed by atoms with E-state index in [1.54, 1.807) is 42.5 Å². The van der Waals surface area contributed by atoms with E-state index in [2.05, 4.69) is 21.2 Å². The van der Waals surface area contributed by atoms with Crippen molar-refractivity contribution in [2.45, 2.75) is 17.7 Å². The number of rotatable bonds is 4. The molecule has 0 saturated heterocycles. The number of nitrogens with one attached hydrogen (secondary N) is 1. The summed E-state index contributed by atoms with van der Waals surface area (Å²) in [5, 5.41) is 3.34. The highest BCUT2D eigenvalue weighted by molar-refractivity contribution is 9.10. The molecule has 5 nitrogen and oxygen atoms in total.